The van der Waals surface area contributed by atoms with Gasteiger partial charge < -0.3 is 9.88 Å². The maximum absolute atomic E-state index is 11.7. The third kappa shape index (κ3) is 2.14. The molecule has 0 spiro atoms. The molecule has 1 N–H and O–H groups in total. The number of nitrogens with one attached hydrogen (secondary N) is 1. The van der Waals surface area contributed by atoms with Crippen LogP contribution in [0.25, 0.3) is 10.9 Å². The molecule has 0 saturated heterocycles. The van der Waals surface area contributed by atoms with Crippen LogP contribution in [0.2, 0.25) is 0 Å². The predicted molar refractivity (Wildman–Crippen MR) is 68.5 cm³/mol. The Balaban J connectivity index is 1.83. The third-order valence-corrected chi connectivity index (χ3v) is 3.19. The summed E-state index contributed by atoms with van der Waals surface area (Å²) in [7, 11) is 0. The summed E-state index contributed by atoms with van der Waals surface area (Å²) in [6, 6.07) is 7.79. The van der Waals surface area contributed by atoms with Gasteiger partial charge in [-0.05, 0) is 37.1 Å². The van der Waals surface area contributed by atoms with Gasteiger partial charge in [-0.1, -0.05) is 0 Å². The first-order chi connectivity index (χ1) is 8.76. The van der Waals surface area contributed by atoms with E-state index in [1.807, 2.05) is 29.0 Å². The molecule has 4 nitrogen and oxygen atoms in total. The number of carbonyl (C=O) groups is 2. The van der Waals surface area contributed by atoms with E-state index in [1.165, 1.54) is 0 Å². The van der Waals surface area contributed by atoms with Crippen LogP contribution >= 0.6 is 0 Å². The monoisotopic (exact) mass is 242 g/mol. The van der Waals surface area contributed by atoms with Gasteiger partial charge in [0.05, 0.1) is 0 Å². The largest absolute Gasteiger partial charge is 0.352 e. The first-order valence-electron chi connectivity index (χ1n) is 6.10. The lowest BCUT2D eigenvalue weighted by Crippen LogP contribution is -2.28. The minimum absolute atomic E-state index is 0.0504. The van der Waals surface area contributed by atoms with Gasteiger partial charge in [0.15, 0.2) is 0 Å². The number of amides is 1. The molecule has 1 aliphatic carbocycles. The van der Waals surface area contributed by atoms with Crippen LogP contribution in [0.3, 0.4) is 0 Å². The van der Waals surface area contributed by atoms with E-state index < -0.39 is 0 Å². The van der Waals surface area contributed by atoms with Crippen LogP contribution in [-0.4, -0.2) is 22.8 Å². The summed E-state index contributed by atoms with van der Waals surface area (Å²) in [5.74, 6) is 0.0504. The Labute approximate surface area is 105 Å². The van der Waals surface area contributed by atoms with Crippen molar-refractivity contribution in [2.24, 2.45) is 0 Å². The van der Waals surface area contributed by atoms with Gasteiger partial charge in [0.2, 0.25) is 5.91 Å². The van der Waals surface area contributed by atoms with Gasteiger partial charge in [-0.25, -0.2) is 0 Å². The maximum Gasteiger partial charge on any atom is 0.240 e. The molecule has 0 radical (unpaired) electrons. The third-order valence-electron chi connectivity index (χ3n) is 3.19. The second-order valence-corrected chi connectivity index (χ2v) is 4.72. The molecule has 2 aromatic rings. The molecule has 1 fully saturated rings. The summed E-state index contributed by atoms with van der Waals surface area (Å²) in [4.78, 5) is 22.4. The summed E-state index contributed by atoms with van der Waals surface area (Å²) in [5.41, 5.74) is 1.63. The lowest BCUT2D eigenvalue weighted by molar-refractivity contribution is -0.121. The zero-order valence-corrected chi connectivity index (χ0v) is 9.93. The van der Waals surface area contributed by atoms with Gasteiger partial charge >= 0.3 is 0 Å². The average molecular weight is 242 g/mol. The molecule has 1 aromatic heterocycles. The van der Waals surface area contributed by atoms with E-state index in [9.17, 15) is 9.59 Å². The van der Waals surface area contributed by atoms with Crippen molar-refractivity contribution in [2.75, 3.05) is 0 Å². The first-order valence-corrected chi connectivity index (χ1v) is 6.10. The Morgan fingerprint density at radius 2 is 2.22 bits per heavy atom. The molecular weight excluding hydrogens is 228 g/mol. The molecule has 92 valence electrons. The highest BCUT2D eigenvalue weighted by Gasteiger charge is 2.23. The number of carbonyl (C=O) groups excluding carboxylic acids is 2. The molecular formula is C14H14N2O2. The number of hydrogen-bond donors (Lipinski definition) is 1. The van der Waals surface area contributed by atoms with Crippen molar-refractivity contribution in [3.05, 3.63) is 36.0 Å². The Morgan fingerprint density at radius 1 is 1.39 bits per heavy atom. The second-order valence-electron chi connectivity index (χ2n) is 4.72. The van der Waals surface area contributed by atoms with E-state index in [-0.39, 0.29) is 5.91 Å². The van der Waals surface area contributed by atoms with Crippen molar-refractivity contribution in [2.45, 2.75) is 25.4 Å². The fourth-order valence-corrected chi connectivity index (χ4v) is 2.09. The lowest BCUT2D eigenvalue weighted by atomic mass is 10.2. The van der Waals surface area contributed by atoms with Crippen LogP contribution in [-0.2, 0) is 11.3 Å². The summed E-state index contributed by atoms with van der Waals surface area (Å²) in [6.45, 7) is 0.334. The zero-order valence-electron chi connectivity index (χ0n) is 9.93. The summed E-state index contributed by atoms with van der Waals surface area (Å²) in [6.07, 6.45) is 4.91. The molecule has 0 bridgehead atoms. The molecule has 0 aliphatic heterocycles. The van der Waals surface area contributed by atoms with E-state index in [0.29, 0.717) is 18.2 Å². The highest BCUT2D eigenvalue weighted by molar-refractivity contribution is 5.88. The first kappa shape index (κ1) is 11.0. The normalized spacial score (nSPS) is 14.7. The van der Waals surface area contributed by atoms with E-state index in [2.05, 4.69) is 5.32 Å². The smallest absolute Gasteiger partial charge is 0.240 e. The van der Waals surface area contributed by atoms with Crippen LogP contribution in [0.1, 0.15) is 23.2 Å². The van der Waals surface area contributed by atoms with Gasteiger partial charge in [0.1, 0.15) is 12.8 Å². The highest BCUT2D eigenvalue weighted by Crippen LogP contribution is 2.19. The molecule has 1 aliphatic rings. The lowest BCUT2D eigenvalue weighted by Gasteiger charge is -2.06. The molecule has 4 heteroatoms. The molecule has 1 saturated carbocycles. The molecule has 3 rings (SSSR count). The molecule has 0 atom stereocenters. The van der Waals surface area contributed by atoms with Crippen molar-refractivity contribution in [3.8, 4) is 0 Å². The van der Waals surface area contributed by atoms with Gasteiger partial charge in [-0.2, -0.15) is 0 Å². The van der Waals surface area contributed by atoms with E-state index in [1.54, 1.807) is 6.07 Å². The summed E-state index contributed by atoms with van der Waals surface area (Å²) in [5, 5.41) is 3.95. The number of fused-ring (bicyclic) bond motifs is 1. The van der Waals surface area contributed by atoms with Gasteiger partial charge in [-0.3, -0.25) is 9.59 Å². The van der Waals surface area contributed by atoms with Crippen molar-refractivity contribution in [1.29, 1.82) is 0 Å². The minimum Gasteiger partial charge on any atom is -0.352 e. The Bertz CT molecular complexity index is 611. The van der Waals surface area contributed by atoms with E-state index in [4.69, 9.17) is 0 Å². The molecule has 1 heterocycles. The molecule has 1 aromatic carbocycles. The van der Waals surface area contributed by atoms with Gasteiger partial charge in [0, 0.05) is 28.7 Å². The minimum atomic E-state index is 0.0504. The Kier molecular flexibility index (Phi) is 2.63. The second kappa shape index (κ2) is 4.29. The molecule has 1 amide bonds. The van der Waals surface area contributed by atoms with Crippen LogP contribution < -0.4 is 5.32 Å². The van der Waals surface area contributed by atoms with E-state index in [0.717, 1.165) is 30.0 Å². The molecule has 0 unspecified atom stereocenters. The van der Waals surface area contributed by atoms with Crippen LogP contribution in [0, 0.1) is 0 Å². The maximum atomic E-state index is 11.7. The van der Waals surface area contributed by atoms with Crippen molar-refractivity contribution in [1.82, 2.24) is 9.88 Å². The SMILES string of the molecule is O=Cc1ccc2c(ccn2CC(=O)NC2CC2)c1. The predicted octanol–water partition coefficient (Wildman–Crippen LogP) is 1.73. The number of hydrogen-bond acceptors (Lipinski definition) is 2. The van der Waals surface area contributed by atoms with Gasteiger partial charge in [-0.15, -0.1) is 0 Å². The number of nitrogens with zero attached hydrogens (tertiary/aromatic N) is 1. The van der Waals surface area contributed by atoms with Crippen LogP contribution in [0.15, 0.2) is 30.5 Å². The number of rotatable bonds is 4. The topological polar surface area (TPSA) is 51.1 Å². The van der Waals surface area contributed by atoms with Crippen molar-refractivity contribution in [3.63, 3.8) is 0 Å². The van der Waals surface area contributed by atoms with Crippen LogP contribution in [0.4, 0.5) is 0 Å². The Hall–Kier alpha value is -2.10. The quantitative estimate of drug-likeness (QED) is 0.830. The van der Waals surface area contributed by atoms with Crippen LogP contribution in [0.5, 0.6) is 0 Å². The molecule has 18 heavy (non-hydrogen) atoms. The number of aromatic nitrogens is 1. The number of aldehydes is 1. The zero-order chi connectivity index (χ0) is 12.5. The highest BCUT2D eigenvalue weighted by atomic mass is 16.2. The number of benzene rings is 1. The summed E-state index contributed by atoms with van der Waals surface area (Å²) < 4.78 is 1.90. The Morgan fingerprint density at radius 3 is 2.94 bits per heavy atom. The standard InChI is InChI=1S/C14H14N2O2/c17-9-10-1-4-13-11(7-10)5-6-16(13)8-14(18)15-12-2-3-12/h1,4-7,9,12H,2-3,8H2,(H,15,18). The fraction of sp³-hybridized carbons (Fsp3) is 0.286. The van der Waals surface area contributed by atoms with Crippen molar-refractivity contribution < 1.29 is 9.59 Å². The average Bonchev–Trinajstić information content (AvgIpc) is 3.10. The summed E-state index contributed by atoms with van der Waals surface area (Å²) >= 11 is 0. The van der Waals surface area contributed by atoms with Crippen molar-refractivity contribution >= 4 is 23.1 Å². The van der Waals surface area contributed by atoms with E-state index >= 15 is 0 Å². The van der Waals surface area contributed by atoms with Gasteiger partial charge in [0.25, 0.3) is 0 Å². The fourth-order valence-electron chi connectivity index (χ4n) is 2.09.